The second-order valence-corrected chi connectivity index (χ2v) is 8.91. The fourth-order valence-corrected chi connectivity index (χ4v) is 3.54. The summed E-state index contributed by atoms with van der Waals surface area (Å²) in [6, 6.07) is 20.8. The van der Waals surface area contributed by atoms with Gasteiger partial charge in [-0.25, -0.2) is 9.97 Å². The molecule has 0 aliphatic carbocycles. The molecule has 190 valence electrons. The summed E-state index contributed by atoms with van der Waals surface area (Å²) in [4.78, 5) is 9.83. The topological polar surface area (TPSA) is 51.8 Å². The molecule has 0 fully saturated rings. The van der Waals surface area contributed by atoms with Crippen LogP contribution in [0, 0.1) is 0 Å². The normalized spacial score (nSPS) is 12.5. The summed E-state index contributed by atoms with van der Waals surface area (Å²) in [7, 11) is 0. The van der Waals surface area contributed by atoms with E-state index in [-0.39, 0.29) is 0 Å². The molecule has 38 heavy (non-hydrogen) atoms. The van der Waals surface area contributed by atoms with E-state index in [0.29, 0.717) is 11.5 Å². The van der Waals surface area contributed by atoms with Crippen LogP contribution in [0.5, 0.6) is 0 Å². The molecule has 3 nitrogen and oxygen atoms in total. The van der Waals surface area contributed by atoms with E-state index >= 15 is 0 Å². The molecule has 0 aliphatic rings. The third-order valence-corrected chi connectivity index (χ3v) is 5.83. The Morgan fingerprint density at radius 3 is 2.11 bits per heavy atom. The molecule has 3 rings (SSSR count). The van der Waals surface area contributed by atoms with Gasteiger partial charge < -0.3 is 5.73 Å². The van der Waals surface area contributed by atoms with E-state index in [2.05, 4.69) is 68.3 Å². The summed E-state index contributed by atoms with van der Waals surface area (Å²) in [5, 5.41) is 0. The van der Waals surface area contributed by atoms with E-state index in [1.54, 1.807) is 12.2 Å². The van der Waals surface area contributed by atoms with Crippen LogP contribution >= 0.6 is 0 Å². The van der Waals surface area contributed by atoms with Crippen LogP contribution in [0.3, 0.4) is 0 Å². The van der Waals surface area contributed by atoms with Gasteiger partial charge in [-0.05, 0) is 54.7 Å². The number of aromatic nitrogens is 2. The molecule has 0 atom stereocenters. The minimum Gasteiger partial charge on any atom is -0.399 e. The van der Waals surface area contributed by atoms with Crippen LogP contribution in [0.15, 0.2) is 152 Å². The monoisotopic (exact) mass is 497 g/mol. The third kappa shape index (κ3) is 8.42. The molecule has 1 heterocycles. The number of nitrogens with zero attached hydrogens (tertiary/aromatic N) is 2. The van der Waals surface area contributed by atoms with Gasteiger partial charge in [0.05, 0.1) is 11.4 Å². The molecule has 0 saturated heterocycles. The molecule has 0 amide bonds. The molecule has 3 heteroatoms. The lowest BCUT2D eigenvalue weighted by Crippen LogP contribution is -1.98. The van der Waals surface area contributed by atoms with E-state index in [9.17, 15) is 0 Å². The fraction of sp³-hybridized carbons (Fsp3) is 0.0857. The van der Waals surface area contributed by atoms with Crippen molar-refractivity contribution in [1.82, 2.24) is 9.97 Å². The highest BCUT2D eigenvalue weighted by molar-refractivity contribution is 5.71. The molecule has 0 unspecified atom stereocenters. The van der Waals surface area contributed by atoms with Crippen molar-refractivity contribution in [2.24, 2.45) is 5.73 Å². The fourth-order valence-electron chi connectivity index (χ4n) is 3.54. The zero-order valence-electron chi connectivity index (χ0n) is 22.3. The lowest BCUT2D eigenvalue weighted by molar-refractivity contribution is 1.12. The molecule has 1 aromatic heterocycles. The van der Waals surface area contributed by atoms with E-state index in [4.69, 9.17) is 15.7 Å². The third-order valence-electron chi connectivity index (χ3n) is 5.83. The SMILES string of the molecule is C=C/C=C\C=C/Cc1ccc(-c2cc(-c3ccccc3)nc(/C(C)=C/C=C(\C)C(=C)/C=C\C(=C)N)n2)cc1. The van der Waals surface area contributed by atoms with E-state index < -0.39 is 0 Å². The summed E-state index contributed by atoms with van der Waals surface area (Å²) < 4.78 is 0. The molecule has 3 aromatic rings. The zero-order valence-corrected chi connectivity index (χ0v) is 22.3. The summed E-state index contributed by atoms with van der Waals surface area (Å²) in [5.74, 6) is 0.683. The Bertz CT molecular complexity index is 1430. The Hall–Kier alpha value is -4.76. The quantitative estimate of drug-likeness (QED) is 0.270. The highest BCUT2D eigenvalue weighted by atomic mass is 14.9. The maximum absolute atomic E-state index is 5.63. The van der Waals surface area contributed by atoms with Gasteiger partial charge in [0.25, 0.3) is 0 Å². The Morgan fingerprint density at radius 2 is 1.47 bits per heavy atom. The maximum atomic E-state index is 5.63. The van der Waals surface area contributed by atoms with Crippen molar-refractivity contribution >= 4 is 5.57 Å². The van der Waals surface area contributed by atoms with E-state index in [0.717, 1.165) is 45.7 Å². The minimum absolute atomic E-state index is 0.495. The summed E-state index contributed by atoms with van der Waals surface area (Å²) in [5.41, 5.74) is 14.1. The molecule has 0 spiro atoms. The molecule has 0 bridgehead atoms. The van der Waals surface area contributed by atoms with Crippen LogP contribution in [-0.4, -0.2) is 9.97 Å². The predicted molar refractivity (Wildman–Crippen MR) is 164 cm³/mol. The van der Waals surface area contributed by atoms with Crippen molar-refractivity contribution in [1.29, 1.82) is 0 Å². The highest BCUT2D eigenvalue weighted by Gasteiger charge is 2.10. The van der Waals surface area contributed by atoms with Crippen LogP contribution in [0.2, 0.25) is 0 Å². The minimum atomic E-state index is 0.495. The van der Waals surface area contributed by atoms with Crippen LogP contribution in [0.1, 0.15) is 25.2 Å². The van der Waals surface area contributed by atoms with Crippen molar-refractivity contribution in [3.05, 3.63) is 163 Å². The number of benzene rings is 2. The van der Waals surface area contributed by atoms with Crippen LogP contribution in [0.25, 0.3) is 28.1 Å². The predicted octanol–water partition coefficient (Wildman–Crippen LogP) is 8.59. The van der Waals surface area contributed by atoms with Crippen LogP contribution < -0.4 is 5.73 Å². The van der Waals surface area contributed by atoms with E-state index in [1.165, 1.54) is 5.56 Å². The molecule has 0 radical (unpaired) electrons. The summed E-state index contributed by atoms with van der Waals surface area (Å²) in [6.07, 6.45) is 18.3. The number of hydrogen-bond acceptors (Lipinski definition) is 3. The van der Waals surface area contributed by atoms with Crippen molar-refractivity contribution in [3.8, 4) is 22.5 Å². The first-order valence-corrected chi connectivity index (χ1v) is 12.5. The Labute approximate surface area is 227 Å². The Morgan fingerprint density at radius 1 is 0.816 bits per heavy atom. The summed E-state index contributed by atoms with van der Waals surface area (Å²) >= 11 is 0. The van der Waals surface area contributed by atoms with Gasteiger partial charge in [-0.3, -0.25) is 0 Å². The van der Waals surface area contributed by atoms with Gasteiger partial charge in [-0.1, -0.05) is 123 Å². The van der Waals surface area contributed by atoms with Gasteiger partial charge in [-0.15, -0.1) is 0 Å². The van der Waals surface area contributed by atoms with Crippen molar-refractivity contribution in [2.75, 3.05) is 0 Å². The van der Waals surface area contributed by atoms with E-state index in [1.807, 2.05) is 68.5 Å². The molecule has 0 aliphatic heterocycles. The number of nitrogens with two attached hydrogens (primary N) is 1. The number of allylic oxidation sites excluding steroid dienone is 12. The Kier molecular flexibility index (Phi) is 10.3. The molecule has 2 N–H and O–H groups in total. The lowest BCUT2D eigenvalue weighted by Gasteiger charge is -2.10. The average Bonchev–Trinajstić information content (AvgIpc) is 2.94. The Balaban J connectivity index is 1.94. The van der Waals surface area contributed by atoms with Crippen molar-refractivity contribution < 1.29 is 0 Å². The molecule has 2 aromatic carbocycles. The molecule has 0 saturated carbocycles. The first kappa shape index (κ1) is 27.8. The number of hydrogen-bond donors (Lipinski definition) is 1. The van der Waals surface area contributed by atoms with Gasteiger partial charge in [-0.2, -0.15) is 0 Å². The van der Waals surface area contributed by atoms with Crippen molar-refractivity contribution in [2.45, 2.75) is 20.3 Å². The molecular weight excluding hydrogens is 462 g/mol. The van der Waals surface area contributed by atoms with Gasteiger partial charge >= 0.3 is 0 Å². The van der Waals surface area contributed by atoms with Gasteiger partial charge in [0.1, 0.15) is 0 Å². The second kappa shape index (κ2) is 14.1. The van der Waals surface area contributed by atoms with Crippen LogP contribution in [-0.2, 0) is 6.42 Å². The van der Waals surface area contributed by atoms with Gasteiger partial charge in [0.2, 0.25) is 0 Å². The first-order valence-electron chi connectivity index (χ1n) is 12.5. The zero-order chi connectivity index (χ0) is 27.3. The summed E-state index contributed by atoms with van der Waals surface area (Å²) in [6.45, 7) is 15.5. The maximum Gasteiger partial charge on any atom is 0.156 e. The second-order valence-electron chi connectivity index (χ2n) is 8.91. The van der Waals surface area contributed by atoms with Crippen molar-refractivity contribution in [3.63, 3.8) is 0 Å². The standard InChI is InChI=1S/C35H35N3/c1-6-7-8-9-11-14-30-21-23-32(24-22-30)34-25-33(31-15-12-10-13-16-31)37-35(38-34)28(4)18-17-26(2)27(3)19-20-29(5)36/h6-13,15-25H,1,3,5,14,36H2,2,4H3/b8-7-,11-9-,20-19-,26-17+,28-18+. The van der Waals surface area contributed by atoms with Gasteiger partial charge in [0.15, 0.2) is 5.82 Å². The smallest absolute Gasteiger partial charge is 0.156 e. The first-order chi connectivity index (χ1) is 18.4. The highest BCUT2D eigenvalue weighted by Crippen LogP contribution is 2.26. The number of rotatable bonds is 11. The average molecular weight is 498 g/mol. The van der Waals surface area contributed by atoms with Gasteiger partial charge in [0, 0.05) is 16.8 Å². The molecular formula is C35H35N3. The van der Waals surface area contributed by atoms with Crippen LogP contribution in [0.4, 0.5) is 0 Å². The lowest BCUT2D eigenvalue weighted by atomic mass is 10.0. The largest absolute Gasteiger partial charge is 0.399 e.